The topological polar surface area (TPSA) is 58.6 Å². The fourth-order valence-corrected chi connectivity index (χ4v) is 3.88. The number of benzene rings is 3. The highest BCUT2D eigenvalue weighted by Crippen LogP contribution is 2.30. The summed E-state index contributed by atoms with van der Waals surface area (Å²) >= 11 is 1.44. The van der Waals surface area contributed by atoms with Crippen molar-refractivity contribution in [3.8, 4) is 11.5 Å². The van der Waals surface area contributed by atoms with Crippen LogP contribution in [0.5, 0.6) is 11.5 Å². The van der Waals surface area contributed by atoms with E-state index in [0.717, 1.165) is 11.3 Å². The van der Waals surface area contributed by atoms with Crippen LogP contribution < -0.4 is 10.1 Å². The Bertz CT molecular complexity index is 1070. The van der Waals surface area contributed by atoms with Gasteiger partial charge in [0.2, 0.25) is 11.8 Å². The molecule has 0 radical (unpaired) electrons. The summed E-state index contributed by atoms with van der Waals surface area (Å²) in [6, 6.07) is 26.2. The first-order chi connectivity index (χ1) is 14.7. The molecule has 0 atom stereocenters. The predicted molar refractivity (Wildman–Crippen MR) is 120 cm³/mol. The van der Waals surface area contributed by atoms with Crippen LogP contribution in [0.15, 0.2) is 90.3 Å². The molecule has 2 amide bonds. The first-order valence-corrected chi connectivity index (χ1v) is 10.5. The van der Waals surface area contributed by atoms with Gasteiger partial charge in [-0.1, -0.05) is 60.7 Å². The molecule has 150 valence electrons. The van der Waals surface area contributed by atoms with E-state index in [1.807, 2.05) is 78.2 Å². The molecule has 30 heavy (non-hydrogen) atoms. The van der Waals surface area contributed by atoms with Crippen molar-refractivity contribution in [3.05, 3.63) is 95.9 Å². The van der Waals surface area contributed by atoms with E-state index in [-0.39, 0.29) is 18.4 Å². The Labute approximate surface area is 179 Å². The van der Waals surface area contributed by atoms with E-state index in [2.05, 4.69) is 5.32 Å². The van der Waals surface area contributed by atoms with Gasteiger partial charge in [-0.15, -0.1) is 11.8 Å². The molecule has 5 nitrogen and oxygen atoms in total. The number of nitrogens with one attached hydrogen (secondary N) is 1. The fourth-order valence-electron chi connectivity index (χ4n) is 3.08. The first kappa shape index (κ1) is 19.8. The lowest BCUT2D eigenvalue weighted by Crippen LogP contribution is -2.39. The van der Waals surface area contributed by atoms with Crippen molar-refractivity contribution in [2.45, 2.75) is 0 Å². The van der Waals surface area contributed by atoms with Gasteiger partial charge in [0.1, 0.15) is 12.3 Å². The lowest BCUT2D eigenvalue weighted by atomic mass is 10.1. The van der Waals surface area contributed by atoms with Gasteiger partial charge < -0.3 is 15.0 Å². The summed E-state index contributed by atoms with van der Waals surface area (Å²) in [7, 11) is 0. The van der Waals surface area contributed by atoms with E-state index in [1.165, 1.54) is 16.7 Å². The van der Waals surface area contributed by atoms with E-state index in [0.29, 0.717) is 22.9 Å². The van der Waals surface area contributed by atoms with Crippen molar-refractivity contribution >= 4 is 35.0 Å². The van der Waals surface area contributed by atoms with Gasteiger partial charge in [0.15, 0.2) is 5.75 Å². The van der Waals surface area contributed by atoms with Crippen molar-refractivity contribution in [1.29, 1.82) is 0 Å². The number of ether oxygens (including phenoxy) is 1. The number of rotatable bonds is 6. The van der Waals surface area contributed by atoms with E-state index in [1.54, 1.807) is 12.1 Å². The highest BCUT2D eigenvalue weighted by atomic mass is 32.2. The van der Waals surface area contributed by atoms with Gasteiger partial charge in [-0.2, -0.15) is 0 Å². The normalized spacial score (nSPS) is 13.5. The Hall–Kier alpha value is -3.51. The molecule has 3 aromatic carbocycles. The summed E-state index contributed by atoms with van der Waals surface area (Å²) in [5, 5.41) is 4.81. The smallest absolute Gasteiger partial charge is 0.244 e. The molecule has 0 saturated heterocycles. The quantitative estimate of drug-likeness (QED) is 0.615. The zero-order valence-corrected chi connectivity index (χ0v) is 17.0. The lowest BCUT2D eigenvalue weighted by Gasteiger charge is -2.28. The minimum Gasteiger partial charge on any atom is -0.455 e. The lowest BCUT2D eigenvalue weighted by molar-refractivity contribution is -0.129. The molecule has 0 aliphatic carbocycles. The summed E-state index contributed by atoms with van der Waals surface area (Å²) in [5.74, 6) is 1.15. The molecule has 3 aromatic rings. The summed E-state index contributed by atoms with van der Waals surface area (Å²) in [4.78, 5) is 26.9. The van der Waals surface area contributed by atoms with Gasteiger partial charge in [-0.05, 0) is 35.2 Å². The average molecular weight is 417 g/mol. The van der Waals surface area contributed by atoms with Gasteiger partial charge in [-0.25, -0.2) is 0 Å². The Kier molecular flexibility index (Phi) is 6.15. The third kappa shape index (κ3) is 4.72. The van der Waals surface area contributed by atoms with E-state index in [4.69, 9.17) is 4.74 Å². The summed E-state index contributed by atoms with van der Waals surface area (Å²) in [5.41, 5.74) is 2.19. The van der Waals surface area contributed by atoms with Crippen LogP contribution in [-0.2, 0) is 9.59 Å². The second kappa shape index (κ2) is 9.33. The SMILES string of the molecule is O=C(CN1C(=O)CSC=C1c1ccccc1)Nc1ccccc1Oc1ccccc1. The van der Waals surface area contributed by atoms with Gasteiger partial charge in [0.25, 0.3) is 0 Å². The molecule has 1 heterocycles. The summed E-state index contributed by atoms with van der Waals surface area (Å²) in [6.07, 6.45) is 0. The number of hydrogen-bond acceptors (Lipinski definition) is 4. The monoisotopic (exact) mass is 416 g/mol. The molecule has 0 bridgehead atoms. The fraction of sp³-hybridized carbons (Fsp3) is 0.0833. The highest BCUT2D eigenvalue weighted by Gasteiger charge is 2.25. The molecule has 6 heteroatoms. The predicted octanol–water partition coefficient (Wildman–Crippen LogP) is 4.99. The Morgan fingerprint density at radius 1 is 0.933 bits per heavy atom. The molecule has 1 aliphatic rings. The molecule has 0 unspecified atom stereocenters. The minimum absolute atomic E-state index is 0.0697. The van der Waals surface area contributed by atoms with Gasteiger partial charge in [0.05, 0.1) is 17.1 Å². The zero-order valence-electron chi connectivity index (χ0n) is 16.2. The summed E-state index contributed by atoms with van der Waals surface area (Å²) < 4.78 is 5.90. The number of thioether (sulfide) groups is 1. The number of carbonyl (C=O) groups is 2. The van der Waals surface area contributed by atoms with E-state index >= 15 is 0 Å². The Morgan fingerprint density at radius 2 is 1.60 bits per heavy atom. The second-order valence-corrected chi connectivity index (χ2v) is 7.48. The maximum atomic E-state index is 12.8. The largest absolute Gasteiger partial charge is 0.455 e. The molecule has 4 rings (SSSR count). The number of hydrogen-bond donors (Lipinski definition) is 1. The van der Waals surface area contributed by atoms with Crippen LogP contribution in [0.3, 0.4) is 0 Å². The van der Waals surface area contributed by atoms with Crippen molar-refractivity contribution in [2.75, 3.05) is 17.6 Å². The molecule has 0 saturated carbocycles. The third-order valence-electron chi connectivity index (χ3n) is 4.50. The van der Waals surface area contributed by atoms with Crippen molar-refractivity contribution < 1.29 is 14.3 Å². The van der Waals surface area contributed by atoms with Crippen molar-refractivity contribution in [3.63, 3.8) is 0 Å². The Morgan fingerprint density at radius 3 is 2.37 bits per heavy atom. The number of para-hydroxylation sites is 3. The number of amides is 2. The summed E-state index contributed by atoms with van der Waals surface area (Å²) in [6.45, 7) is -0.0697. The van der Waals surface area contributed by atoms with Crippen molar-refractivity contribution in [2.24, 2.45) is 0 Å². The molecular formula is C24H20N2O3S. The van der Waals surface area contributed by atoms with E-state index < -0.39 is 0 Å². The standard InChI is InChI=1S/C24H20N2O3S/c27-23(15-26-21(16-30-17-24(26)28)18-9-3-1-4-10-18)25-20-13-7-8-14-22(20)29-19-11-5-2-6-12-19/h1-14,16H,15,17H2,(H,25,27). The molecule has 1 N–H and O–H groups in total. The molecule has 1 aliphatic heterocycles. The van der Waals surface area contributed by atoms with Gasteiger partial charge in [-0.3, -0.25) is 9.59 Å². The Balaban J connectivity index is 1.50. The maximum absolute atomic E-state index is 12.8. The maximum Gasteiger partial charge on any atom is 0.244 e. The van der Waals surface area contributed by atoms with Gasteiger partial charge in [0, 0.05) is 0 Å². The first-order valence-electron chi connectivity index (χ1n) is 9.50. The second-order valence-electron chi connectivity index (χ2n) is 6.62. The van der Waals surface area contributed by atoms with Crippen molar-refractivity contribution in [1.82, 2.24) is 4.90 Å². The van der Waals surface area contributed by atoms with Crippen LogP contribution in [0.25, 0.3) is 5.70 Å². The zero-order chi connectivity index (χ0) is 20.8. The van der Waals surface area contributed by atoms with Crippen LogP contribution in [0.1, 0.15) is 5.56 Å². The highest BCUT2D eigenvalue weighted by molar-refractivity contribution is 8.03. The van der Waals surface area contributed by atoms with E-state index in [9.17, 15) is 9.59 Å². The number of carbonyl (C=O) groups excluding carboxylic acids is 2. The third-order valence-corrected chi connectivity index (χ3v) is 5.30. The number of nitrogens with zero attached hydrogens (tertiary/aromatic N) is 1. The molecule has 0 spiro atoms. The molecule has 0 fully saturated rings. The van der Waals surface area contributed by atoms with Crippen LogP contribution in [0, 0.1) is 0 Å². The molecular weight excluding hydrogens is 396 g/mol. The molecule has 0 aromatic heterocycles. The van der Waals surface area contributed by atoms with Crippen LogP contribution in [0.4, 0.5) is 5.69 Å². The van der Waals surface area contributed by atoms with Crippen LogP contribution in [-0.4, -0.2) is 29.0 Å². The van der Waals surface area contributed by atoms with Crippen LogP contribution >= 0.6 is 11.8 Å². The minimum atomic E-state index is -0.291. The van der Waals surface area contributed by atoms with Gasteiger partial charge >= 0.3 is 0 Å². The average Bonchev–Trinajstić information content (AvgIpc) is 2.78. The van der Waals surface area contributed by atoms with Crippen LogP contribution in [0.2, 0.25) is 0 Å². The number of anilines is 1.